The summed E-state index contributed by atoms with van der Waals surface area (Å²) in [6.07, 6.45) is 1.24. The van der Waals surface area contributed by atoms with Crippen molar-refractivity contribution in [2.24, 2.45) is 28.7 Å². The summed E-state index contributed by atoms with van der Waals surface area (Å²) in [6.45, 7) is 4.62. The molecule has 0 amide bonds. The monoisotopic (exact) mass is 447 g/mol. The van der Waals surface area contributed by atoms with Crippen molar-refractivity contribution in [3.63, 3.8) is 0 Å². The number of aliphatic imine (C=N–C) groups is 2. The lowest BCUT2D eigenvalue weighted by molar-refractivity contribution is 0.493. The number of para-hydroxylation sites is 1. The summed E-state index contributed by atoms with van der Waals surface area (Å²) >= 11 is 0. The SMILES string of the molecule is CC(C)Cn1c(N)c(C(=NCc2ccc(N=CN)cc2)Nc2ccccc2)c(=O)n(C)c1=O. The van der Waals surface area contributed by atoms with Gasteiger partial charge in [0.05, 0.1) is 18.6 Å². The van der Waals surface area contributed by atoms with Crippen LogP contribution in [0.2, 0.25) is 0 Å². The van der Waals surface area contributed by atoms with Gasteiger partial charge in [0.2, 0.25) is 0 Å². The van der Waals surface area contributed by atoms with Crippen molar-refractivity contribution in [1.29, 1.82) is 0 Å². The molecule has 1 heterocycles. The van der Waals surface area contributed by atoms with Gasteiger partial charge in [-0.1, -0.05) is 44.2 Å². The van der Waals surface area contributed by atoms with Gasteiger partial charge in [0.1, 0.15) is 17.2 Å². The minimum atomic E-state index is -0.507. The number of amidine groups is 1. The van der Waals surface area contributed by atoms with Crippen LogP contribution in [0.25, 0.3) is 0 Å². The van der Waals surface area contributed by atoms with Crippen LogP contribution >= 0.6 is 0 Å². The molecule has 33 heavy (non-hydrogen) atoms. The van der Waals surface area contributed by atoms with Gasteiger partial charge < -0.3 is 16.8 Å². The van der Waals surface area contributed by atoms with E-state index in [1.165, 1.54) is 18.0 Å². The van der Waals surface area contributed by atoms with E-state index < -0.39 is 11.2 Å². The molecule has 0 atom stereocenters. The van der Waals surface area contributed by atoms with Gasteiger partial charge in [-0.05, 0) is 35.7 Å². The molecule has 0 unspecified atom stereocenters. The Balaban J connectivity index is 2.11. The molecule has 0 aliphatic carbocycles. The van der Waals surface area contributed by atoms with E-state index in [1.807, 2.05) is 68.4 Å². The lowest BCUT2D eigenvalue weighted by Gasteiger charge is -2.18. The van der Waals surface area contributed by atoms with Crippen LogP contribution in [-0.4, -0.2) is 21.3 Å². The summed E-state index contributed by atoms with van der Waals surface area (Å²) in [7, 11) is 1.45. The summed E-state index contributed by atoms with van der Waals surface area (Å²) in [6, 6.07) is 16.8. The number of hydrogen-bond acceptors (Lipinski definition) is 5. The molecule has 3 rings (SSSR count). The normalized spacial score (nSPS) is 11.9. The Morgan fingerprint density at radius 3 is 2.36 bits per heavy atom. The van der Waals surface area contributed by atoms with Crippen LogP contribution in [0.5, 0.6) is 0 Å². The minimum Gasteiger partial charge on any atom is -0.390 e. The quantitative estimate of drug-likeness (QED) is 0.378. The fourth-order valence-corrected chi connectivity index (χ4v) is 3.33. The summed E-state index contributed by atoms with van der Waals surface area (Å²) in [5, 5.41) is 3.21. The summed E-state index contributed by atoms with van der Waals surface area (Å²) < 4.78 is 2.49. The highest BCUT2D eigenvalue weighted by atomic mass is 16.2. The number of nitrogens with two attached hydrogens (primary N) is 2. The third kappa shape index (κ3) is 5.57. The van der Waals surface area contributed by atoms with E-state index in [1.54, 1.807) is 0 Å². The molecule has 0 fully saturated rings. The van der Waals surface area contributed by atoms with Crippen LogP contribution < -0.4 is 28.0 Å². The molecule has 0 radical (unpaired) electrons. The van der Waals surface area contributed by atoms with E-state index in [-0.39, 0.29) is 23.8 Å². The molecular weight excluding hydrogens is 418 g/mol. The van der Waals surface area contributed by atoms with Crippen LogP contribution in [0.1, 0.15) is 25.0 Å². The van der Waals surface area contributed by atoms with Crippen LogP contribution in [0.15, 0.2) is 74.2 Å². The van der Waals surface area contributed by atoms with E-state index in [2.05, 4.69) is 15.3 Å². The lowest BCUT2D eigenvalue weighted by atomic mass is 10.2. The summed E-state index contributed by atoms with van der Waals surface area (Å²) in [4.78, 5) is 34.6. The molecular formula is C24H29N7O2. The number of anilines is 2. The smallest absolute Gasteiger partial charge is 0.332 e. The Morgan fingerprint density at radius 1 is 1.09 bits per heavy atom. The number of nitrogen functional groups attached to an aromatic ring is 1. The van der Waals surface area contributed by atoms with Crippen LogP contribution in [0.3, 0.4) is 0 Å². The van der Waals surface area contributed by atoms with E-state index >= 15 is 0 Å². The fourth-order valence-electron chi connectivity index (χ4n) is 3.33. The number of nitrogens with zero attached hydrogens (tertiary/aromatic N) is 4. The Kier molecular flexibility index (Phi) is 7.45. The molecule has 0 aliphatic heterocycles. The summed E-state index contributed by atoms with van der Waals surface area (Å²) in [5.41, 5.74) is 13.3. The Labute approximate surface area is 192 Å². The highest BCUT2D eigenvalue weighted by Crippen LogP contribution is 2.16. The maximum atomic E-state index is 13.1. The van der Waals surface area contributed by atoms with Crippen LogP contribution in [0.4, 0.5) is 17.2 Å². The van der Waals surface area contributed by atoms with E-state index in [4.69, 9.17) is 11.5 Å². The average Bonchev–Trinajstić information content (AvgIpc) is 2.80. The van der Waals surface area contributed by atoms with Gasteiger partial charge in [0.25, 0.3) is 5.56 Å². The predicted octanol–water partition coefficient (Wildman–Crippen LogP) is 2.46. The first-order valence-corrected chi connectivity index (χ1v) is 10.6. The van der Waals surface area contributed by atoms with Crippen molar-refractivity contribution in [1.82, 2.24) is 9.13 Å². The van der Waals surface area contributed by atoms with Crippen molar-refractivity contribution in [3.05, 3.63) is 86.6 Å². The maximum absolute atomic E-state index is 13.1. The number of benzene rings is 2. The highest BCUT2D eigenvalue weighted by molar-refractivity contribution is 6.10. The molecule has 2 aromatic carbocycles. The van der Waals surface area contributed by atoms with Crippen molar-refractivity contribution in [3.8, 4) is 0 Å². The molecule has 9 nitrogen and oxygen atoms in total. The van der Waals surface area contributed by atoms with Gasteiger partial charge in [0.15, 0.2) is 0 Å². The van der Waals surface area contributed by atoms with Gasteiger partial charge in [-0.15, -0.1) is 0 Å². The first kappa shape index (κ1) is 23.5. The predicted molar refractivity (Wildman–Crippen MR) is 134 cm³/mol. The van der Waals surface area contributed by atoms with Crippen LogP contribution in [0, 0.1) is 5.92 Å². The first-order chi connectivity index (χ1) is 15.8. The van der Waals surface area contributed by atoms with Crippen molar-refractivity contribution in [2.75, 3.05) is 11.1 Å². The molecule has 0 spiro atoms. The second kappa shape index (κ2) is 10.4. The molecule has 0 saturated carbocycles. The standard InChI is InChI=1S/C24H29N7O2/c1-16(2)14-31-21(26)20(23(32)30(3)24(31)33)22(29-19-7-5-4-6-8-19)27-13-17-9-11-18(12-10-17)28-15-25/h4-12,15-16H,13-14,26H2,1-3H3,(H2,25,28)(H,27,29). The second-order valence-corrected chi connectivity index (χ2v) is 8.01. The molecule has 3 aromatic rings. The zero-order valence-electron chi connectivity index (χ0n) is 19.0. The Bertz CT molecular complexity index is 1270. The van der Waals surface area contributed by atoms with Gasteiger partial charge in [0, 0.05) is 19.3 Å². The topological polar surface area (TPSA) is 133 Å². The largest absolute Gasteiger partial charge is 0.390 e. The fraction of sp³-hybridized carbons (Fsp3) is 0.250. The molecule has 172 valence electrons. The Morgan fingerprint density at radius 2 is 1.76 bits per heavy atom. The molecule has 0 saturated heterocycles. The number of aromatic nitrogens is 2. The van der Waals surface area contributed by atoms with Crippen molar-refractivity contribution in [2.45, 2.75) is 26.9 Å². The zero-order valence-corrected chi connectivity index (χ0v) is 19.0. The van der Waals surface area contributed by atoms with E-state index in [0.717, 1.165) is 21.5 Å². The third-order valence-corrected chi connectivity index (χ3v) is 4.98. The molecule has 1 aromatic heterocycles. The highest BCUT2D eigenvalue weighted by Gasteiger charge is 2.21. The van der Waals surface area contributed by atoms with Gasteiger partial charge in [-0.2, -0.15) is 0 Å². The van der Waals surface area contributed by atoms with E-state index in [0.29, 0.717) is 12.4 Å². The molecule has 9 heteroatoms. The van der Waals surface area contributed by atoms with Gasteiger partial charge in [-0.25, -0.2) is 9.79 Å². The number of rotatable bonds is 7. The first-order valence-electron chi connectivity index (χ1n) is 10.6. The number of hydrogen-bond donors (Lipinski definition) is 3. The van der Waals surface area contributed by atoms with Gasteiger partial charge >= 0.3 is 5.69 Å². The molecule has 0 aliphatic rings. The van der Waals surface area contributed by atoms with Crippen molar-refractivity contribution < 1.29 is 0 Å². The minimum absolute atomic E-state index is 0.0895. The lowest BCUT2D eigenvalue weighted by Crippen LogP contribution is -2.44. The van der Waals surface area contributed by atoms with Crippen LogP contribution in [-0.2, 0) is 20.1 Å². The maximum Gasteiger partial charge on any atom is 0.332 e. The van der Waals surface area contributed by atoms with E-state index in [9.17, 15) is 9.59 Å². The molecule has 5 N–H and O–H groups in total. The van der Waals surface area contributed by atoms with Crippen molar-refractivity contribution >= 4 is 29.4 Å². The van der Waals surface area contributed by atoms with Gasteiger partial charge in [-0.3, -0.25) is 18.9 Å². The average molecular weight is 448 g/mol. The molecule has 0 bridgehead atoms. The summed E-state index contributed by atoms with van der Waals surface area (Å²) in [5.74, 6) is 0.542. The second-order valence-electron chi connectivity index (χ2n) is 8.01. The Hall–Kier alpha value is -4.14. The third-order valence-electron chi connectivity index (χ3n) is 4.98. The zero-order chi connectivity index (χ0) is 24.0. The number of nitrogens with one attached hydrogen (secondary N) is 1.